The van der Waals surface area contributed by atoms with Crippen LogP contribution in [0.5, 0.6) is 0 Å². The van der Waals surface area contributed by atoms with Crippen molar-refractivity contribution in [3.8, 4) is 0 Å². The van der Waals surface area contributed by atoms with Crippen LogP contribution in [0.4, 0.5) is 5.69 Å². The summed E-state index contributed by atoms with van der Waals surface area (Å²) < 4.78 is 1.50. The van der Waals surface area contributed by atoms with Gasteiger partial charge in [0.2, 0.25) is 5.91 Å². The van der Waals surface area contributed by atoms with Crippen molar-refractivity contribution in [1.29, 1.82) is 0 Å². The maximum absolute atomic E-state index is 12.6. The normalized spacial score (nSPS) is 10.9. The SMILES string of the molecule is Cc1cc(C)c(NC(=O)CCn2cnc3c(C)cccc3c2=O)c(C)c1. The van der Waals surface area contributed by atoms with E-state index in [9.17, 15) is 9.59 Å². The molecule has 0 atom stereocenters. The number of hydrogen-bond donors (Lipinski definition) is 1. The molecule has 0 radical (unpaired) electrons. The first kappa shape index (κ1) is 17.9. The van der Waals surface area contributed by atoms with Gasteiger partial charge in [-0.05, 0) is 50.5 Å². The molecule has 2 aromatic carbocycles. The van der Waals surface area contributed by atoms with Crippen molar-refractivity contribution in [3.05, 3.63) is 69.3 Å². The van der Waals surface area contributed by atoms with Crippen LogP contribution in [0.3, 0.4) is 0 Å². The van der Waals surface area contributed by atoms with Gasteiger partial charge in [-0.25, -0.2) is 4.98 Å². The molecule has 1 heterocycles. The Morgan fingerprint density at radius 1 is 1.08 bits per heavy atom. The molecule has 0 unspecified atom stereocenters. The fourth-order valence-corrected chi connectivity index (χ4v) is 3.30. The van der Waals surface area contributed by atoms with Crippen LogP contribution in [0.2, 0.25) is 0 Å². The van der Waals surface area contributed by atoms with E-state index in [0.29, 0.717) is 17.4 Å². The molecule has 1 N–H and O–H groups in total. The molecule has 5 heteroatoms. The first-order chi connectivity index (χ1) is 12.4. The summed E-state index contributed by atoms with van der Waals surface area (Å²) >= 11 is 0. The van der Waals surface area contributed by atoms with E-state index in [1.807, 2.05) is 52.0 Å². The Hall–Kier alpha value is -2.95. The van der Waals surface area contributed by atoms with E-state index >= 15 is 0 Å². The fourth-order valence-electron chi connectivity index (χ4n) is 3.30. The Kier molecular flexibility index (Phi) is 4.89. The highest BCUT2D eigenvalue weighted by Crippen LogP contribution is 2.22. The van der Waals surface area contributed by atoms with Crippen molar-refractivity contribution in [2.75, 3.05) is 5.32 Å². The Morgan fingerprint density at radius 3 is 2.46 bits per heavy atom. The van der Waals surface area contributed by atoms with Gasteiger partial charge in [-0.2, -0.15) is 0 Å². The number of amides is 1. The minimum atomic E-state index is -0.116. The maximum atomic E-state index is 12.6. The van der Waals surface area contributed by atoms with Gasteiger partial charge in [-0.15, -0.1) is 0 Å². The lowest BCUT2D eigenvalue weighted by Crippen LogP contribution is -2.24. The van der Waals surface area contributed by atoms with Gasteiger partial charge in [0.15, 0.2) is 0 Å². The van der Waals surface area contributed by atoms with Crippen molar-refractivity contribution in [2.24, 2.45) is 0 Å². The van der Waals surface area contributed by atoms with Crippen molar-refractivity contribution in [1.82, 2.24) is 9.55 Å². The Labute approximate surface area is 152 Å². The number of carbonyl (C=O) groups excluding carboxylic acids is 1. The summed E-state index contributed by atoms with van der Waals surface area (Å²) in [6.45, 7) is 8.22. The van der Waals surface area contributed by atoms with E-state index in [0.717, 1.165) is 22.4 Å². The standard InChI is InChI=1S/C21H23N3O2/c1-13-10-15(3)19(16(4)11-13)23-18(25)8-9-24-12-22-20-14(2)6-5-7-17(20)21(24)26/h5-7,10-12H,8-9H2,1-4H3,(H,23,25). The number of nitrogens with zero attached hydrogens (tertiary/aromatic N) is 2. The average molecular weight is 349 g/mol. The molecule has 3 rings (SSSR count). The minimum absolute atomic E-state index is 0.115. The molecular formula is C21H23N3O2. The van der Waals surface area contributed by atoms with E-state index in [-0.39, 0.29) is 17.9 Å². The Balaban J connectivity index is 1.75. The monoisotopic (exact) mass is 349 g/mol. The zero-order chi connectivity index (χ0) is 18.8. The largest absolute Gasteiger partial charge is 0.326 e. The number of hydrogen-bond acceptors (Lipinski definition) is 3. The van der Waals surface area contributed by atoms with Crippen LogP contribution in [-0.4, -0.2) is 15.5 Å². The summed E-state index contributed by atoms with van der Waals surface area (Å²) in [5, 5.41) is 3.55. The number of nitrogens with one attached hydrogen (secondary N) is 1. The molecular weight excluding hydrogens is 326 g/mol. The van der Waals surface area contributed by atoms with Gasteiger partial charge in [-0.1, -0.05) is 29.8 Å². The highest BCUT2D eigenvalue weighted by Gasteiger charge is 2.10. The first-order valence-electron chi connectivity index (χ1n) is 8.69. The summed E-state index contributed by atoms with van der Waals surface area (Å²) in [6.07, 6.45) is 1.74. The molecule has 0 fully saturated rings. The van der Waals surface area contributed by atoms with Gasteiger partial charge < -0.3 is 5.32 Å². The lowest BCUT2D eigenvalue weighted by molar-refractivity contribution is -0.116. The third-order valence-electron chi connectivity index (χ3n) is 4.58. The highest BCUT2D eigenvalue weighted by atomic mass is 16.2. The molecule has 5 nitrogen and oxygen atoms in total. The molecule has 0 aliphatic carbocycles. The Bertz CT molecular complexity index is 1030. The molecule has 1 aromatic heterocycles. The van der Waals surface area contributed by atoms with E-state index in [1.165, 1.54) is 16.5 Å². The van der Waals surface area contributed by atoms with E-state index in [4.69, 9.17) is 0 Å². The highest BCUT2D eigenvalue weighted by molar-refractivity contribution is 5.92. The smallest absolute Gasteiger partial charge is 0.261 e. The van der Waals surface area contributed by atoms with Crippen LogP contribution < -0.4 is 10.9 Å². The molecule has 3 aromatic rings. The molecule has 0 saturated carbocycles. The van der Waals surface area contributed by atoms with E-state index in [2.05, 4.69) is 10.3 Å². The van der Waals surface area contributed by atoms with Gasteiger partial charge in [0, 0.05) is 18.7 Å². The number of aryl methyl sites for hydroxylation is 5. The minimum Gasteiger partial charge on any atom is -0.326 e. The summed E-state index contributed by atoms with van der Waals surface area (Å²) in [5.41, 5.74) is 5.65. The zero-order valence-electron chi connectivity index (χ0n) is 15.6. The van der Waals surface area contributed by atoms with Crippen LogP contribution in [-0.2, 0) is 11.3 Å². The topological polar surface area (TPSA) is 64.0 Å². The molecule has 26 heavy (non-hydrogen) atoms. The summed E-state index contributed by atoms with van der Waals surface area (Å²) in [5.74, 6) is -0.115. The van der Waals surface area contributed by atoms with Gasteiger partial charge in [0.05, 0.1) is 17.2 Å². The first-order valence-corrected chi connectivity index (χ1v) is 8.69. The van der Waals surface area contributed by atoms with Crippen LogP contribution in [0, 0.1) is 27.7 Å². The number of aromatic nitrogens is 2. The molecule has 134 valence electrons. The number of para-hydroxylation sites is 1. The molecule has 0 bridgehead atoms. The van der Waals surface area contributed by atoms with Gasteiger partial charge in [0.25, 0.3) is 5.56 Å². The lowest BCUT2D eigenvalue weighted by Gasteiger charge is -2.13. The molecule has 0 aliphatic heterocycles. The van der Waals surface area contributed by atoms with Gasteiger partial charge in [0.1, 0.15) is 0 Å². The number of carbonyl (C=O) groups is 1. The second-order valence-electron chi connectivity index (χ2n) is 6.79. The Morgan fingerprint density at radius 2 is 1.77 bits per heavy atom. The van der Waals surface area contributed by atoms with Crippen molar-refractivity contribution in [3.63, 3.8) is 0 Å². The van der Waals surface area contributed by atoms with Crippen LogP contribution in [0.25, 0.3) is 10.9 Å². The summed E-state index contributed by atoms with van der Waals surface area (Å²) in [4.78, 5) is 29.3. The third kappa shape index (κ3) is 3.52. The quantitative estimate of drug-likeness (QED) is 0.782. The molecule has 1 amide bonds. The molecule has 0 aliphatic rings. The van der Waals surface area contributed by atoms with Crippen molar-refractivity contribution in [2.45, 2.75) is 40.7 Å². The van der Waals surface area contributed by atoms with Gasteiger partial charge >= 0.3 is 0 Å². The van der Waals surface area contributed by atoms with E-state index in [1.54, 1.807) is 6.07 Å². The summed E-state index contributed by atoms with van der Waals surface area (Å²) in [7, 11) is 0. The van der Waals surface area contributed by atoms with E-state index < -0.39 is 0 Å². The number of benzene rings is 2. The van der Waals surface area contributed by atoms with Crippen molar-refractivity contribution < 1.29 is 4.79 Å². The fraction of sp³-hybridized carbons (Fsp3) is 0.286. The van der Waals surface area contributed by atoms with Crippen molar-refractivity contribution >= 4 is 22.5 Å². The van der Waals surface area contributed by atoms with Crippen LogP contribution >= 0.6 is 0 Å². The average Bonchev–Trinajstić information content (AvgIpc) is 2.58. The molecule has 0 saturated heterocycles. The predicted octanol–water partition coefficient (Wildman–Crippen LogP) is 3.66. The van der Waals surface area contributed by atoms with Crippen LogP contribution in [0.15, 0.2) is 41.5 Å². The second-order valence-corrected chi connectivity index (χ2v) is 6.79. The number of fused-ring (bicyclic) bond motifs is 1. The number of anilines is 1. The zero-order valence-corrected chi connectivity index (χ0v) is 15.6. The van der Waals surface area contributed by atoms with Crippen LogP contribution in [0.1, 0.15) is 28.7 Å². The second kappa shape index (κ2) is 7.12. The lowest BCUT2D eigenvalue weighted by atomic mass is 10.1. The summed E-state index contributed by atoms with van der Waals surface area (Å²) in [6, 6.07) is 9.64. The molecule has 0 spiro atoms. The number of rotatable bonds is 4. The third-order valence-corrected chi connectivity index (χ3v) is 4.58. The van der Waals surface area contributed by atoms with Gasteiger partial charge in [-0.3, -0.25) is 14.2 Å². The predicted molar refractivity (Wildman–Crippen MR) is 105 cm³/mol. The maximum Gasteiger partial charge on any atom is 0.261 e.